The summed E-state index contributed by atoms with van der Waals surface area (Å²) in [5.41, 5.74) is 2.05. The van der Waals surface area contributed by atoms with Gasteiger partial charge in [0, 0.05) is 11.4 Å². The molecule has 0 bridgehead atoms. The van der Waals surface area contributed by atoms with Gasteiger partial charge in [-0.2, -0.15) is 4.31 Å². The average Bonchev–Trinajstić information content (AvgIpc) is 3.16. The Morgan fingerprint density at radius 3 is 2.23 bits per heavy atom. The van der Waals surface area contributed by atoms with E-state index in [9.17, 15) is 18.3 Å². The molecule has 0 saturated carbocycles. The smallest absolute Gasteiger partial charge is 0.326 e. The standard InChI is InChI=1S/C19H15NO4S2/c21-18(22)17(14-9-5-2-6-10-14)20-12-15-11-16(13-7-3-1-4-8-13)25-19(15)26(20,23)24/h1-11,17H,12H2,(H,21,22). The van der Waals surface area contributed by atoms with E-state index in [1.165, 1.54) is 11.3 Å². The molecule has 0 spiro atoms. The number of carbonyl (C=O) groups is 1. The molecule has 7 heteroatoms. The SMILES string of the molecule is O=C(O)C(c1ccccc1)N1Cc2cc(-c3ccccc3)sc2S1(=O)=O. The third-order valence-corrected chi connectivity index (χ3v) is 7.93. The van der Waals surface area contributed by atoms with Gasteiger partial charge in [-0.15, -0.1) is 11.3 Å². The fourth-order valence-corrected chi connectivity index (χ4v) is 6.50. The van der Waals surface area contributed by atoms with E-state index in [4.69, 9.17) is 0 Å². The first-order valence-electron chi connectivity index (χ1n) is 7.96. The van der Waals surface area contributed by atoms with Crippen LogP contribution in [0.2, 0.25) is 0 Å². The lowest BCUT2D eigenvalue weighted by atomic mass is 10.1. The zero-order chi connectivity index (χ0) is 18.3. The van der Waals surface area contributed by atoms with Crippen LogP contribution in [0.3, 0.4) is 0 Å². The number of carboxylic acid groups (broad SMARTS) is 1. The maximum absolute atomic E-state index is 13.0. The third kappa shape index (κ3) is 2.74. The lowest BCUT2D eigenvalue weighted by Crippen LogP contribution is -2.34. The number of carboxylic acids is 1. The van der Waals surface area contributed by atoms with E-state index in [0.29, 0.717) is 11.1 Å². The van der Waals surface area contributed by atoms with Crippen LogP contribution in [0.1, 0.15) is 17.2 Å². The van der Waals surface area contributed by atoms with E-state index in [1.54, 1.807) is 30.3 Å². The van der Waals surface area contributed by atoms with Crippen molar-refractivity contribution in [1.29, 1.82) is 0 Å². The van der Waals surface area contributed by atoms with Crippen LogP contribution in [0.5, 0.6) is 0 Å². The minimum atomic E-state index is -3.85. The Labute approximate surface area is 155 Å². The van der Waals surface area contributed by atoms with E-state index in [2.05, 4.69) is 0 Å². The maximum Gasteiger partial charge on any atom is 0.326 e. The quantitative estimate of drug-likeness (QED) is 0.742. The van der Waals surface area contributed by atoms with Gasteiger partial charge in [0.1, 0.15) is 10.3 Å². The minimum Gasteiger partial charge on any atom is -0.480 e. The summed E-state index contributed by atoms with van der Waals surface area (Å²) in [6, 6.07) is 18.6. The van der Waals surface area contributed by atoms with Gasteiger partial charge in [0.15, 0.2) is 0 Å². The summed E-state index contributed by atoms with van der Waals surface area (Å²) >= 11 is 1.19. The molecule has 26 heavy (non-hydrogen) atoms. The van der Waals surface area contributed by atoms with E-state index in [1.807, 2.05) is 36.4 Å². The van der Waals surface area contributed by atoms with Crippen LogP contribution < -0.4 is 0 Å². The number of hydrogen-bond acceptors (Lipinski definition) is 4. The number of thiophene rings is 1. The van der Waals surface area contributed by atoms with E-state index in [0.717, 1.165) is 14.7 Å². The van der Waals surface area contributed by atoms with Crippen molar-refractivity contribution < 1.29 is 18.3 Å². The highest BCUT2D eigenvalue weighted by Gasteiger charge is 2.44. The molecule has 1 atom stereocenters. The molecular weight excluding hydrogens is 370 g/mol. The first-order chi connectivity index (χ1) is 12.5. The topological polar surface area (TPSA) is 74.7 Å². The Hall–Kier alpha value is -2.48. The van der Waals surface area contributed by atoms with Crippen LogP contribution in [0.25, 0.3) is 10.4 Å². The Kier molecular flexibility index (Phi) is 4.14. The van der Waals surface area contributed by atoms with Crippen LogP contribution in [0.4, 0.5) is 0 Å². The van der Waals surface area contributed by atoms with Crippen molar-refractivity contribution in [3.05, 3.63) is 77.9 Å². The van der Waals surface area contributed by atoms with Gasteiger partial charge in [-0.05, 0) is 22.8 Å². The van der Waals surface area contributed by atoms with Gasteiger partial charge < -0.3 is 5.11 Å². The highest BCUT2D eigenvalue weighted by atomic mass is 32.2. The van der Waals surface area contributed by atoms with Crippen molar-refractivity contribution in [2.75, 3.05) is 0 Å². The van der Waals surface area contributed by atoms with Gasteiger partial charge in [0.25, 0.3) is 10.0 Å². The zero-order valence-electron chi connectivity index (χ0n) is 13.6. The van der Waals surface area contributed by atoms with Crippen molar-refractivity contribution >= 4 is 27.3 Å². The fraction of sp³-hybridized carbons (Fsp3) is 0.105. The van der Waals surface area contributed by atoms with Crippen molar-refractivity contribution in [3.8, 4) is 10.4 Å². The summed E-state index contributed by atoms with van der Waals surface area (Å²) in [5.74, 6) is -1.18. The van der Waals surface area contributed by atoms with Crippen molar-refractivity contribution in [2.24, 2.45) is 0 Å². The van der Waals surface area contributed by atoms with Gasteiger partial charge in [-0.25, -0.2) is 8.42 Å². The number of rotatable bonds is 4. The van der Waals surface area contributed by atoms with Crippen LogP contribution in [0, 0.1) is 0 Å². The zero-order valence-corrected chi connectivity index (χ0v) is 15.2. The highest BCUT2D eigenvalue weighted by molar-refractivity contribution is 7.91. The minimum absolute atomic E-state index is 0.0624. The summed E-state index contributed by atoms with van der Waals surface area (Å²) in [6.07, 6.45) is 0. The van der Waals surface area contributed by atoms with Crippen LogP contribution in [-0.2, 0) is 21.4 Å². The monoisotopic (exact) mass is 385 g/mol. The average molecular weight is 385 g/mol. The number of aliphatic carboxylic acids is 1. The molecule has 1 aromatic heterocycles. The second-order valence-corrected chi connectivity index (χ2v) is 9.13. The number of nitrogens with zero attached hydrogens (tertiary/aromatic N) is 1. The van der Waals surface area contributed by atoms with Crippen LogP contribution >= 0.6 is 11.3 Å². The molecule has 0 radical (unpaired) electrons. The van der Waals surface area contributed by atoms with E-state index < -0.39 is 22.0 Å². The summed E-state index contributed by atoms with van der Waals surface area (Å²) < 4.78 is 27.3. The molecule has 1 aliphatic rings. The molecule has 0 fully saturated rings. The molecule has 3 aromatic rings. The highest BCUT2D eigenvalue weighted by Crippen LogP contribution is 2.44. The molecule has 5 nitrogen and oxygen atoms in total. The number of sulfonamides is 1. The molecule has 132 valence electrons. The van der Waals surface area contributed by atoms with Gasteiger partial charge >= 0.3 is 5.97 Å². The van der Waals surface area contributed by atoms with E-state index >= 15 is 0 Å². The molecule has 1 N–H and O–H groups in total. The summed E-state index contributed by atoms with van der Waals surface area (Å²) in [6.45, 7) is 0.0624. The predicted octanol–water partition coefficient (Wildman–Crippen LogP) is 3.75. The Morgan fingerprint density at radius 2 is 1.65 bits per heavy atom. The first-order valence-corrected chi connectivity index (χ1v) is 10.2. The first kappa shape index (κ1) is 17.0. The second-order valence-electron chi connectivity index (χ2n) is 5.99. The molecule has 1 aliphatic heterocycles. The third-order valence-electron chi connectivity index (χ3n) is 4.33. The number of benzene rings is 2. The molecule has 4 rings (SSSR count). The second kappa shape index (κ2) is 6.35. The molecular formula is C19H15NO4S2. The lowest BCUT2D eigenvalue weighted by molar-refractivity contribution is -0.141. The van der Waals surface area contributed by atoms with Crippen molar-refractivity contribution in [3.63, 3.8) is 0 Å². The Balaban J connectivity index is 1.74. The molecule has 0 amide bonds. The van der Waals surface area contributed by atoms with Crippen LogP contribution in [0.15, 0.2) is 70.9 Å². The number of hydrogen-bond donors (Lipinski definition) is 1. The molecule has 0 aliphatic carbocycles. The Morgan fingerprint density at radius 1 is 1.04 bits per heavy atom. The van der Waals surface area contributed by atoms with Gasteiger partial charge in [0.2, 0.25) is 0 Å². The van der Waals surface area contributed by atoms with Gasteiger partial charge in [0.05, 0.1) is 0 Å². The fourth-order valence-electron chi connectivity index (χ4n) is 3.14. The maximum atomic E-state index is 13.0. The summed E-state index contributed by atoms with van der Waals surface area (Å²) in [5, 5.41) is 9.67. The number of fused-ring (bicyclic) bond motifs is 1. The van der Waals surface area contributed by atoms with E-state index in [-0.39, 0.29) is 10.8 Å². The van der Waals surface area contributed by atoms with Crippen molar-refractivity contribution in [2.45, 2.75) is 16.8 Å². The normalized spacial score (nSPS) is 16.9. The molecule has 2 heterocycles. The largest absolute Gasteiger partial charge is 0.480 e. The molecule has 1 unspecified atom stereocenters. The van der Waals surface area contributed by atoms with Gasteiger partial charge in [-0.3, -0.25) is 4.79 Å². The lowest BCUT2D eigenvalue weighted by Gasteiger charge is -2.23. The molecule has 0 saturated heterocycles. The van der Waals surface area contributed by atoms with Crippen LogP contribution in [-0.4, -0.2) is 23.8 Å². The van der Waals surface area contributed by atoms with Crippen molar-refractivity contribution in [1.82, 2.24) is 4.31 Å². The Bertz CT molecular complexity index is 1060. The summed E-state index contributed by atoms with van der Waals surface area (Å²) in [7, 11) is -3.85. The van der Waals surface area contributed by atoms with Gasteiger partial charge in [-0.1, -0.05) is 60.7 Å². The summed E-state index contributed by atoms with van der Waals surface area (Å²) in [4.78, 5) is 12.7. The predicted molar refractivity (Wildman–Crippen MR) is 99.3 cm³/mol. The molecule has 2 aromatic carbocycles.